The van der Waals surface area contributed by atoms with Gasteiger partial charge in [-0.2, -0.15) is 0 Å². The van der Waals surface area contributed by atoms with Crippen molar-refractivity contribution in [3.05, 3.63) is 28.3 Å². The molecule has 0 radical (unpaired) electrons. The molecule has 0 spiro atoms. The molecule has 1 heterocycles. The van der Waals surface area contributed by atoms with Crippen LogP contribution in [0.2, 0.25) is 0 Å². The highest BCUT2D eigenvalue weighted by Gasteiger charge is 2.37. The molecule has 0 saturated carbocycles. The van der Waals surface area contributed by atoms with Gasteiger partial charge < -0.3 is 14.7 Å². The van der Waals surface area contributed by atoms with Gasteiger partial charge in [0.25, 0.3) is 0 Å². The van der Waals surface area contributed by atoms with Gasteiger partial charge in [-0.3, -0.25) is 19.4 Å². The van der Waals surface area contributed by atoms with E-state index in [0.29, 0.717) is 80.6 Å². The minimum Gasteiger partial charge on any atom is -0.511 e. The Morgan fingerprint density at radius 1 is 0.971 bits per heavy atom. The number of aryl methyl sites for hydroxylation is 1. The third kappa shape index (κ3) is 6.42. The second kappa shape index (κ2) is 10.2. The number of rotatable bonds is 10. The summed E-state index contributed by atoms with van der Waals surface area (Å²) in [4.78, 5) is 41.0. The van der Waals surface area contributed by atoms with Crippen LogP contribution in [0.1, 0.15) is 101 Å². The highest BCUT2D eigenvalue weighted by Crippen LogP contribution is 2.38. The predicted octanol–water partition coefficient (Wildman–Crippen LogP) is 5.05. The van der Waals surface area contributed by atoms with Crippen LogP contribution in [0.4, 0.5) is 0 Å². The molecule has 3 rings (SSSR count). The molecule has 0 atom stereocenters. The molecule has 186 valence electrons. The van der Waals surface area contributed by atoms with Crippen molar-refractivity contribution in [2.45, 2.75) is 91.9 Å². The van der Waals surface area contributed by atoms with Crippen LogP contribution in [0.15, 0.2) is 20.8 Å². The number of carboxylic acids is 1. The van der Waals surface area contributed by atoms with E-state index in [1.807, 2.05) is 27.7 Å². The molecule has 8 nitrogen and oxygen atoms in total. The van der Waals surface area contributed by atoms with Gasteiger partial charge in [0.1, 0.15) is 11.5 Å². The third-order valence-electron chi connectivity index (χ3n) is 6.48. The van der Waals surface area contributed by atoms with Crippen LogP contribution in [-0.2, 0) is 22.4 Å². The van der Waals surface area contributed by atoms with Gasteiger partial charge in [0.05, 0.1) is 16.8 Å². The Labute approximate surface area is 200 Å². The van der Waals surface area contributed by atoms with Crippen LogP contribution in [0.25, 0.3) is 0 Å². The molecular formula is C26H36N2O6. The molecule has 0 amide bonds. The van der Waals surface area contributed by atoms with E-state index >= 15 is 0 Å². The summed E-state index contributed by atoms with van der Waals surface area (Å²) in [6.07, 6.45) is 4.67. The average Bonchev–Trinajstić information content (AvgIpc) is 3.08. The van der Waals surface area contributed by atoms with Crippen molar-refractivity contribution in [1.82, 2.24) is 5.16 Å². The van der Waals surface area contributed by atoms with E-state index in [1.54, 1.807) is 0 Å². The molecule has 0 unspecified atom stereocenters. The van der Waals surface area contributed by atoms with E-state index < -0.39 is 5.97 Å². The van der Waals surface area contributed by atoms with Gasteiger partial charge in [0.15, 0.2) is 11.6 Å². The molecule has 1 aromatic rings. The van der Waals surface area contributed by atoms with Gasteiger partial charge in [0, 0.05) is 44.4 Å². The molecule has 0 fully saturated rings. The minimum atomic E-state index is -0.816. The first-order valence-electron chi connectivity index (χ1n) is 12.1. The first kappa shape index (κ1) is 25.8. The number of aliphatic imine (C=N–C) groups is 1. The first-order chi connectivity index (χ1) is 15.9. The van der Waals surface area contributed by atoms with Crippen LogP contribution >= 0.6 is 0 Å². The van der Waals surface area contributed by atoms with Crippen LogP contribution in [-0.4, -0.2) is 45.2 Å². The standard InChI is InChI=1S/C26H36N2O6/c1-25(2)12-18(29)23(19(30)13-25)16(27-11-7-5-6-8-22(32)33)9-10-17-24-20(31)14-26(3,4)15-21(24)34-28-17/h29H,5-15H2,1-4H3,(H,32,33). The normalized spacial score (nSPS) is 19.9. The van der Waals surface area contributed by atoms with E-state index in [4.69, 9.17) is 9.63 Å². The fourth-order valence-electron chi connectivity index (χ4n) is 4.90. The molecule has 34 heavy (non-hydrogen) atoms. The average molecular weight is 473 g/mol. The van der Waals surface area contributed by atoms with Crippen molar-refractivity contribution < 1.29 is 29.1 Å². The van der Waals surface area contributed by atoms with Gasteiger partial charge in [-0.15, -0.1) is 0 Å². The lowest BCUT2D eigenvalue weighted by Crippen LogP contribution is -2.30. The number of allylic oxidation sites excluding steroid dienone is 2. The quantitative estimate of drug-likeness (QED) is 0.360. The summed E-state index contributed by atoms with van der Waals surface area (Å²) in [6, 6.07) is 0. The molecule has 1 aromatic heterocycles. The smallest absolute Gasteiger partial charge is 0.303 e. The number of unbranched alkanes of at least 4 members (excludes halogenated alkanes) is 2. The second-order valence-electron chi connectivity index (χ2n) is 11.2. The van der Waals surface area contributed by atoms with Crippen molar-refractivity contribution in [3.63, 3.8) is 0 Å². The molecule has 0 saturated heterocycles. The fourth-order valence-corrected chi connectivity index (χ4v) is 4.90. The highest BCUT2D eigenvalue weighted by atomic mass is 16.5. The summed E-state index contributed by atoms with van der Waals surface area (Å²) in [7, 11) is 0. The topological polar surface area (TPSA) is 130 Å². The van der Waals surface area contributed by atoms with E-state index in [9.17, 15) is 19.5 Å². The van der Waals surface area contributed by atoms with Crippen molar-refractivity contribution in [1.29, 1.82) is 0 Å². The third-order valence-corrected chi connectivity index (χ3v) is 6.48. The molecule has 8 heteroatoms. The molecular weight excluding hydrogens is 436 g/mol. The number of aliphatic hydroxyl groups excluding tert-OH is 1. The number of aromatic nitrogens is 1. The van der Waals surface area contributed by atoms with Crippen molar-refractivity contribution in [3.8, 4) is 0 Å². The number of hydrogen-bond donors (Lipinski definition) is 2. The van der Waals surface area contributed by atoms with Crippen molar-refractivity contribution in [2.75, 3.05) is 6.54 Å². The van der Waals surface area contributed by atoms with Crippen LogP contribution in [0, 0.1) is 10.8 Å². The summed E-state index contributed by atoms with van der Waals surface area (Å²) < 4.78 is 5.50. The predicted molar refractivity (Wildman–Crippen MR) is 127 cm³/mol. The molecule has 0 aromatic carbocycles. The number of aliphatic carboxylic acids is 1. The van der Waals surface area contributed by atoms with E-state index in [2.05, 4.69) is 10.1 Å². The molecule has 2 aliphatic rings. The summed E-state index contributed by atoms with van der Waals surface area (Å²) in [6.45, 7) is 8.40. The molecule has 0 bridgehead atoms. The lowest BCUT2D eigenvalue weighted by molar-refractivity contribution is -0.137. The Balaban J connectivity index is 1.78. The Bertz CT molecular complexity index is 1030. The minimum absolute atomic E-state index is 0.0250. The summed E-state index contributed by atoms with van der Waals surface area (Å²) in [5, 5.41) is 23.7. The maximum absolute atomic E-state index is 12.9. The SMILES string of the molecule is CC1(C)CC(=O)C(C(CCc2noc3c2C(=O)CC(C)(C)C3)=NCCCCCC(=O)O)=C(O)C1. The lowest BCUT2D eigenvalue weighted by Gasteiger charge is -2.30. The number of fused-ring (bicyclic) bond motifs is 1. The summed E-state index contributed by atoms with van der Waals surface area (Å²) in [5.74, 6) is -0.240. The Morgan fingerprint density at radius 3 is 2.32 bits per heavy atom. The lowest BCUT2D eigenvalue weighted by atomic mass is 9.74. The van der Waals surface area contributed by atoms with E-state index in [0.717, 1.165) is 6.42 Å². The number of hydrogen-bond acceptors (Lipinski definition) is 7. The maximum Gasteiger partial charge on any atom is 0.303 e. The zero-order valence-corrected chi connectivity index (χ0v) is 20.7. The number of aliphatic hydroxyl groups is 1. The first-order valence-corrected chi connectivity index (χ1v) is 12.1. The number of carbonyl (C=O) groups is 3. The van der Waals surface area contributed by atoms with Crippen molar-refractivity contribution in [2.24, 2.45) is 15.8 Å². The monoisotopic (exact) mass is 472 g/mol. The fraction of sp³-hybridized carbons (Fsp3) is 0.654. The Kier molecular flexibility index (Phi) is 7.78. The largest absolute Gasteiger partial charge is 0.511 e. The molecule has 0 aliphatic heterocycles. The number of carboxylic acid groups (broad SMARTS) is 1. The molecule has 2 aliphatic carbocycles. The van der Waals surface area contributed by atoms with Gasteiger partial charge >= 0.3 is 5.97 Å². The van der Waals surface area contributed by atoms with Gasteiger partial charge in [0.2, 0.25) is 0 Å². The highest BCUT2D eigenvalue weighted by molar-refractivity contribution is 6.23. The summed E-state index contributed by atoms with van der Waals surface area (Å²) >= 11 is 0. The number of nitrogens with zero attached hydrogens (tertiary/aromatic N) is 2. The number of carbonyl (C=O) groups excluding carboxylic acids is 2. The van der Waals surface area contributed by atoms with Crippen molar-refractivity contribution >= 4 is 23.2 Å². The van der Waals surface area contributed by atoms with Crippen LogP contribution in [0.5, 0.6) is 0 Å². The van der Waals surface area contributed by atoms with E-state index in [-0.39, 0.29) is 40.1 Å². The maximum atomic E-state index is 12.9. The number of ketones is 2. The van der Waals surface area contributed by atoms with Crippen LogP contribution in [0.3, 0.4) is 0 Å². The Morgan fingerprint density at radius 2 is 1.65 bits per heavy atom. The zero-order chi connectivity index (χ0) is 25.1. The van der Waals surface area contributed by atoms with Gasteiger partial charge in [-0.05, 0) is 36.5 Å². The van der Waals surface area contributed by atoms with Crippen LogP contribution < -0.4 is 0 Å². The van der Waals surface area contributed by atoms with Gasteiger partial charge in [-0.1, -0.05) is 39.3 Å². The van der Waals surface area contributed by atoms with E-state index in [1.165, 1.54) is 0 Å². The Hall–Kier alpha value is -2.77. The molecule has 2 N–H and O–H groups in total. The van der Waals surface area contributed by atoms with Gasteiger partial charge in [-0.25, -0.2) is 0 Å². The zero-order valence-electron chi connectivity index (χ0n) is 20.7. The second-order valence-corrected chi connectivity index (χ2v) is 11.2. The summed E-state index contributed by atoms with van der Waals surface area (Å²) in [5.41, 5.74) is 1.48. The number of Topliss-reactive ketones (excluding diaryl/α,β-unsaturated/α-hetero) is 2.